The molecule has 0 bridgehead atoms. The summed E-state index contributed by atoms with van der Waals surface area (Å²) in [5, 5.41) is 4.12. The van der Waals surface area contributed by atoms with Gasteiger partial charge < -0.3 is 5.32 Å². The average Bonchev–Trinajstić information content (AvgIpc) is 2.37. The molecule has 0 aromatic heterocycles. The molecule has 0 saturated heterocycles. The van der Waals surface area contributed by atoms with E-state index in [4.69, 9.17) is 11.6 Å². The van der Waals surface area contributed by atoms with E-state index in [0.29, 0.717) is 6.04 Å². The van der Waals surface area contributed by atoms with Crippen molar-refractivity contribution in [3.8, 4) is 0 Å². The Kier molecular flexibility index (Phi) is 4.18. The van der Waals surface area contributed by atoms with Crippen LogP contribution < -0.4 is 5.32 Å². The van der Waals surface area contributed by atoms with Gasteiger partial charge in [0.1, 0.15) is 0 Å². The molecule has 0 aliphatic rings. The molecule has 0 aliphatic heterocycles. The van der Waals surface area contributed by atoms with Crippen LogP contribution in [0.3, 0.4) is 0 Å². The van der Waals surface area contributed by atoms with Crippen LogP contribution in [0.15, 0.2) is 54.6 Å². The van der Waals surface area contributed by atoms with Crippen LogP contribution in [0.2, 0.25) is 5.02 Å². The Morgan fingerprint density at radius 2 is 1.82 bits per heavy atom. The fourth-order valence-corrected chi connectivity index (χ4v) is 2.16. The fourth-order valence-electron chi connectivity index (χ4n) is 1.96. The van der Waals surface area contributed by atoms with Gasteiger partial charge in [0.25, 0.3) is 0 Å². The second-order valence-corrected chi connectivity index (χ2v) is 4.52. The largest absolute Gasteiger partial charge is 0.313 e. The lowest BCUT2D eigenvalue weighted by molar-refractivity contribution is 0.592. The van der Waals surface area contributed by atoms with Crippen LogP contribution in [-0.2, 0) is 6.42 Å². The summed E-state index contributed by atoms with van der Waals surface area (Å²) < 4.78 is 0. The monoisotopic (exact) mass is 245 g/mol. The lowest BCUT2D eigenvalue weighted by Gasteiger charge is -2.17. The zero-order valence-electron chi connectivity index (χ0n) is 9.86. The van der Waals surface area contributed by atoms with E-state index in [-0.39, 0.29) is 0 Å². The second-order valence-electron chi connectivity index (χ2n) is 4.09. The van der Waals surface area contributed by atoms with Gasteiger partial charge in [-0.05, 0) is 36.7 Å². The van der Waals surface area contributed by atoms with E-state index < -0.39 is 0 Å². The van der Waals surface area contributed by atoms with Crippen LogP contribution in [0.25, 0.3) is 0 Å². The van der Waals surface area contributed by atoms with Gasteiger partial charge in [-0.2, -0.15) is 0 Å². The summed E-state index contributed by atoms with van der Waals surface area (Å²) in [6.07, 6.45) is 0.970. The third-order valence-corrected chi connectivity index (χ3v) is 3.12. The van der Waals surface area contributed by atoms with Gasteiger partial charge in [0.05, 0.1) is 0 Å². The maximum absolute atomic E-state index is 6.02. The van der Waals surface area contributed by atoms with Crippen molar-refractivity contribution in [1.82, 2.24) is 5.32 Å². The van der Waals surface area contributed by atoms with E-state index in [9.17, 15) is 0 Å². The van der Waals surface area contributed by atoms with E-state index in [2.05, 4.69) is 35.6 Å². The number of nitrogens with one attached hydrogen (secondary N) is 1. The first-order valence-corrected chi connectivity index (χ1v) is 6.14. The van der Waals surface area contributed by atoms with E-state index in [1.54, 1.807) is 0 Å². The van der Waals surface area contributed by atoms with Crippen LogP contribution in [0, 0.1) is 0 Å². The summed E-state index contributed by atoms with van der Waals surface area (Å²) in [6.45, 7) is 0. The molecule has 0 fully saturated rings. The number of hydrogen-bond donors (Lipinski definition) is 1. The van der Waals surface area contributed by atoms with Gasteiger partial charge >= 0.3 is 0 Å². The molecule has 1 atom stereocenters. The summed E-state index contributed by atoms with van der Waals surface area (Å²) in [4.78, 5) is 0. The molecule has 17 heavy (non-hydrogen) atoms. The Labute approximate surface area is 107 Å². The highest BCUT2D eigenvalue weighted by Gasteiger charge is 2.09. The molecule has 1 N–H and O–H groups in total. The third-order valence-electron chi connectivity index (χ3n) is 2.88. The summed E-state index contributed by atoms with van der Waals surface area (Å²) in [6, 6.07) is 18.8. The lowest BCUT2D eigenvalue weighted by atomic mass is 9.99. The normalized spacial score (nSPS) is 12.4. The Morgan fingerprint density at radius 3 is 2.47 bits per heavy atom. The molecule has 0 saturated carbocycles. The summed E-state index contributed by atoms with van der Waals surface area (Å²) in [5.41, 5.74) is 2.55. The highest BCUT2D eigenvalue weighted by molar-refractivity contribution is 6.30. The highest BCUT2D eigenvalue weighted by atomic mass is 35.5. The van der Waals surface area contributed by atoms with Gasteiger partial charge in [-0.15, -0.1) is 0 Å². The van der Waals surface area contributed by atoms with Crippen molar-refractivity contribution >= 4 is 11.6 Å². The number of hydrogen-bond acceptors (Lipinski definition) is 1. The molecule has 0 spiro atoms. The van der Waals surface area contributed by atoms with Crippen molar-refractivity contribution in [3.63, 3.8) is 0 Å². The molecule has 0 heterocycles. The Balaban J connectivity index is 2.17. The number of halogens is 1. The molecule has 0 aliphatic carbocycles. The van der Waals surface area contributed by atoms with Crippen molar-refractivity contribution in [2.45, 2.75) is 12.5 Å². The minimum absolute atomic E-state index is 0.302. The standard InChI is InChI=1S/C15H16ClN/c1-17-15(10-12-6-3-2-4-7-12)13-8-5-9-14(16)11-13/h2-9,11,15,17H,10H2,1H3. The van der Waals surface area contributed by atoms with E-state index in [0.717, 1.165) is 11.4 Å². The van der Waals surface area contributed by atoms with Crippen LogP contribution >= 0.6 is 11.6 Å². The van der Waals surface area contributed by atoms with Crippen LogP contribution in [0.4, 0.5) is 0 Å². The molecular weight excluding hydrogens is 230 g/mol. The minimum Gasteiger partial charge on any atom is -0.313 e. The van der Waals surface area contributed by atoms with Crippen molar-refractivity contribution in [3.05, 3.63) is 70.7 Å². The van der Waals surface area contributed by atoms with E-state index >= 15 is 0 Å². The predicted octanol–water partition coefficient (Wildman–Crippen LogP) is 3.84. The molecule has 0 amide bonds. The molecule has 2 aromatic carbocycles. The Bertz CT molecular complexity index is 467. The first-order chi connectivity index (χ1) is 8.29. The maximum atomic E-state index is 6.02. The van der Waals surface area contributed by atoms with Crippen molar-refractivity contribution in [1.29, 1.82) is 0 Å². The molecule has 2 heteroatoms. The fraction of sp³-hybridized carbons (Fsp3) is 0.200. The van der Waals surface area contributed by atoms with Gasteiger partial charge in [-0.25, -0.2) is 0 Å². The molecule has 2 rings (SSSR count). The van der Waals surface area contributed by atoms with Crippen molar-refractivity contribution in [2.75, 3.05) is 7.05 Å². The molecule has 88 valence electrons. The predicted molar refractivity (Wildman–Crippen MR) is 73.4 cm³/mol. The summed E-state index contributed by atoms with van der Waals surface area (Å²) in [7, 11) is 1.98. The summed E-state index contributed by atoms with van der Waals surface area (Å²) >= 11 is 6.02. The first kappa shape index (κ1) is 12.2. The SMILES string of the molecule is CNC(Cc1ccccc1)c1cccc(Cl)c1. The van der Waals surface area contributed by atoms with Crippen LogP contribution in [-0.4, -0.2) is 7.05 Å². The van der Waals surface area contributed by atoms with Crippen LogP contribution in [0.1, 0.15) is 17.2 Å². The summed E-state index contributed by atoms with van der Waals surface area (Å²) in [5.74, 6) is 0. The van der Waals surface area contributed by atoms with Gasteiger partial charge in [-0.3, -0.25) is 0 Å². The van der Waals surface area contributed by atoms with Gasteiger partial charge in [0.2, 0.25) is 0 Å². The number of benzene rings is 2. The quantitative estimate of drug-likeness (QED) is 0.863. The van der Waals surface area contributed by atoms with Crippen molar-refractivity contribution < 1.29 is 0 Å². The van der Waals surface area contributed by atoms with Crippen LogP contribution in [0.5, 0.6) is 0 Å². The van der Waals surface area contributed by atoms with E-state index in [1.165, 1.54) is 11.1 Å². The molecule has 1 nitrogen and oxygen atoms in total. The third kappa shape index (κ3) is 3.32. The van der Waals surface area contributed by atoms with Gasteiger partial charge in [-0.1, -0.05) is 54.1 Å². The Hall–Kier alpha value is -1.31. The van der Waals surface area contributed by atoms with E-state index in [1.807, 2.05) is 31.3 Å². The molecular formula is C15H16ClN. The van der Waals surface area contributed by atoms with Gasteiger partial charge in [0, 0.05) is 11.1 Å². The number of rotatable bonds is 4. The maximum Gasteiger partial charge on any atom is 0.0409 e. The second kappa shape index (κ2) is 5.85. The number of likely N-dealkylation sites (N-methyl/N-ethyl adjacent to an activating group) is 1. The Morgan fingerprint density at radius 1 is 1.06 bits per heavy atom. The molecule has 2 aromatic rings. The van der Waals surface area contributed by atoms with Gasteiger partial charge in [0.15, 0.2) is 0 Å². The molecule has 0 radical (unpaired) electrons. The smallest absolute Gasteiger partial charge is 0.0409 e. The average molecular weight is 246 g/mol. The zero-order valence-corrected chi connectivity index (χ0v) is 10.6. The minimum atomic E-state index is 0.302. The first-order valence-electron chi connectivity index (χ1n) is 5.76. The lowest BCUT2D eigenvalue weighted by Crippen LogP contribution is -2.18. The van der Waals surface area contributed by atoms with Crippen molar-refractivity contribution in [2.24, 2.45) is 0 Å². The zero-order chi connectivity index (χ0) is 12.1. The highest BCUT2D eigenvalue weighted by Crippen LogP contribution is 2.21. The molecule has 1 unspecified atom stereocenters. The topological polar surface area (TPSA) is 12.0 Å².